The Morgan fingerprint density at radius 1 is 0.800 bits per heavy atom. The first-order valence-corrected chi connectivity index (χ1v) is 8.53. The molecule has 4 heterocycles. The number of H-pyrrole nitrogens is 2. The third kappa shape index (κ3) is 3.49. The van der Waals surface area contributed by atoms with Crippen LogP contribution in [0.4, 0.5) is 23.5 Å². The summed E-state index contributed by atoms with van der Waals surface area (Å²) >= 11 is 0. The van der Waals surface area contributed by atoms with E-state index in [1.54, 1.807) is 0 Å². The van der Waals surface area contributed by atoms with E-state index in [-0.39, 0.29) is 29.1 Å². The fourth-order valence-electron chi connectivity index (χ4n) is 2.67. The van der Waals surface area contributed by atoms with Crippen molar-refractivity contribution in [3.8, 4) is 11.3 Å². The lowest BCUT2D eigenvalue weighted by Gasteiger charge is -2.07. The van der Waals surface area contributed by atoms with Gasteiger partial charge in [0.05, 0.1) is 6.33 Å². The molecule has 13 heteroatoms. The number of nitrogens with zero attached hydrogens (tertiary/aromatic N) is 6. The van der Waals surface area contributed by atoms with E-state index in [2.05, 4.69) is 39.9 Å². The number of hydrogen-bond donors (Lipinski definition) is 6. The fraction of sp³-hybridized carbons (Fsp3) is 0. The zero-order chi connectivity index (χ0) is 21.3. The van der Waals surface area contributed by atoms with E-state index >= 15 is 0 Å². The van der Waals surface area contributed by atoms with Crippen molar-refractivity contribution in [2.75, 3.05) is 22.9 Å². The number of imidazole rings is 1. The lowest BCUT2D eigenvalue weighted by atomic mass is 10.1. The number of nitrogens with one attached hydrogen (secondary N) is 2. The topological polar surface area (TPSA) is 230 Å². The molecule has 0 bridgehead atoms. The third-order valence-corrected chi connectivity index (χ3v) is 3.96. The van der Waals surface area contributed by atoms with Crippen LogP contribution in [0.25, 0.3) is 33.6 Å². The molecule has 0 amide bonds. The van der Waals surface area contributed by atoms with Gasteiger partial charge >= 0.3 is 0 Å². The van der Waals surface area contributed by atoms with Crippen LogP contribution in [0.1, 0.15) is 0 Å². The van der Waals surface area contributed by atoms with Crippen molar-refractivity contribution in [2.24, 2.45) is 0 Å². The van der Waals surface area contributed by atoms with Crippen molar-refractivity contribution in [3.63, 3.8) is 0 Å². The number of anilines is 4. The fourth-order valence-corrected chi connectivity index (χ4v) is 2.67. The Labute approximate surface area is 167 Å². The molecule has 1 aromatic carbocycles. The Hall–Kier alpha value is -4.81. The second kappa shape index (κ2) is 7.31. The summed E-state index contributed by atoms with van der Waals surface area (Å²) in [4.78, 5) is 39.9. The number of rotatable bonds is 1. The van der Waals surface area contributed by atoms with E-state index in [9.17, 15) is 4.79 Å². The van der Waals surface area contributed by atoms with Crippen LogP contribution >= 0.6 is 0 Å². The minimum atomic E-state index is -0.301. The molecular formula is C17H16N12O. The minimum Gasteiger partial charge on any atom is -0.382 e. The summed E-state index contributed by atoms with van der Waals surface area (Å²) < 4.78 is 0. The van der Waals surface area contributed by atoms with Gasteiger partial charge in [-0.3, -0.25) is 9.78 Å². The summed E-state index contributed by atoms with van der Waals surface area (Å²) in [6.45, 7) is 0. The number of aromatic nitrogens is 8. The van der Waals surface area contributed by atoms with E-state index in [0.717, 1.165) is 5.56 Å². The first kappa shape index (κ1) is 18.5. The summed E-state index contributed by atoms with van der Waals surface area (Å²) in [5, 5.41) is 0. The molecule has 4 aromatic heterocycles. The van der Waals surface area contributed by atoms with Crippen LogP contribution in [0.5, 0.6) is 0 Å². The maximum Gasteiger partial charge on any atom is 0.278 e. The molecule has 5 rings (SSSR count). The molecule has 0 aliphatic carbocycles. The predicted octanol–water partition coefficient (Wildman–Crippen LogP) is 0.0618. The molecule has 0 atom stereocenters. The number of fused-ring (bicyclic) bond motifs is 2. The summed E-state index contributed by atoms with van der Waals surface area (Å²) in [7, 11) is 0. The summed E-state index contributed by atoms with van der Waals surface area (Å²) in [6, 6.07) is 9.47. The first-order valence-electron chi connectivity index (χ1n) is 8.53. The molecule has 150 valence electrons. The molecular weight excluding hydrogens is 388 g/mol. The lowest BCUT2D eigenvalue weighted by molar-refractivity contribution is 1.17. The van der Waals surface area contributed by atoms with Crippen molar-refractivity contribution in [1.82, 2.24) is 39.9 Å². The molecule has 0 spiro atoms. The molecule has 0 aliphatic heterocycles. The highest BCUT2D eigenvalue weighted by atomic mass is 16.1. The highest BCUT2D eigenvalue weighted by Gasteiger charge is 2.12. The molecule has 0 saturated carbocycles. The molecule has 0 aliphatic rings. The van der Waals surface area contributed by atoms with Gasteiger partial charge in [-0.2, -0.15) is 15.0 Å². The van der Waals surface area contributed by atoms with Crippen molar-refractivity contribution in [1.29, 1.82) is 0 Å². The zero-order valence-corrected chi connectivity index (χ0v) is 15.4. The highest BCUT2D eigenvalue weighted by Crippen LogP contribution is 2.25. The predicted molar refractivity (Wildman–Crippen MR) is 113 cm³/mol. The number of aromatic amines is 2. The van der Waals surface area contributed by atoms with Gasteiger partial charge in [-0.25, -0.2) is 15.0 Å². The van der Waals surface area contributed by atoms with E-state index < -0.39 is 0 Å². The van der Waals surface area contributed by atoms with Gasteiger partial charge in [-0.05, 0) is 0 Å². The monoisotopic (exact) mass is 404 g/mol. The van der Waals surface area contributed by atoms with Gasteiger partial charge in [0.1, 0.15) is 5.69 Å². The number of benzene rings is 1. The SMILES string of the molecule is Nc1nc(N)c2nc(-c3ccccc3)c(N)nc2n1.Nc1nc2nc[nH]c2c(=O)[nH]1. The van der Waals surface area contributed by atoms with E-state index in [1.165, 1.54) is 6.33 Å². The van der Waals surface area contributed by atoms with Gasteiger partial charge in [0.15, 0.2) is 34.0 Å². The van der Waals surface area contributed by atoms with Crippen LogP contribution in [0, 0.1) is 0 Å². The average Bonchev–Trinajstić information content (AvgIpc) is 3.17. The van der Waals surface area contributed by atoms with Crippen molar-refractivity contribution in [3.05, 3.63) is 47.0 Å². The number of nitrogen functional groups attached to an aromatic ring is 4. The van der Waals surface area contributed by atoms with Crippen LogP contribution in [-0.4, -0.2) is 39.9 Å². The Morgan fingerprint density at radius 2 is 1.57 bits per heavy atom. The summed E-state index contributed by atoms with van der Waals surface area (Å²) in [5.41, 5.74) is 24.9. The van der Waals surface area contributed by atoms with Crippen LogP contribution in [0.2, 0.25) is 0 Å². The average molecular weight is 404 g/mol. The molecule has 0 saturated heterocycles. The van der Waals surface area contributed by atoms with Gasteiger partial charge in [0.2, 0.25) is 11.9 Å². The van der Waals surface area contributed by atoms with Gasteiger partial charge < -0.3 is 27.9 Å². The first-order chi connectivity index (χ1) is 14.4. The van der Waals surface area contributed by atoms with Crippen molar-refractivity contribution < 1.29 is 0 Å². The van der Waals surface area contributed by atoms with Crippen LogP contribution in [0.15, 0.2) is 41.5 Å². The van der Waals surface area contributed by atoms with Crippen LogP contribution in [-0.2, 0) is 0 Å². The molecule has 0 fully saturated rings. The lowest BCUT2D eigenvalue weighted by Crippen LogP contribution is -2.10. The van der Waals surface area contributed by atoms with Gasteiger partial charge in [-0.15, -0.1) is 0 Å². The van der Waals surface area contributed by atoms with E-state index in [0.29, 0.717) is 28.0 Å². The number of hydrogen-bond acceptors (Lipinski definition) is 11. The van der Waals surface area contributed by atoms with Crippen molar-refractivity contribution >= 4 is 45.9 Å². The largest absolute Gasteiger partial charge is 0.382 e. The molecule has 10 N–H and O–H groups in total. The van der Waals surface area contributed by atoms with E-state index in [4.69, 9.17) is 22.9 Å². The zero-order valence-electron chi connectivity index (χ0n) is 15.4. The maximum absolute atomic E-state index is 11.0. The second-order valence-electron chi connectivity index (χ2n) is 6.02. The number of nitrogens with two attached hydrogens (primary N) is 4. The van der Waals surface area contributed by atoms with Crippen LogP contribution in [0.3, 0.4) is 0 Å². The summed E-state index contributed by atoms with van der Waals surface area (Å²) in [6.07, 6.45) is 1.40. The Bertz CT molecular complexity index is 1410. The third-order valence-electron chi connectivity index (χ3n) is 3.96. The normalized spacial score (nSPS) is 10.7. The van der Waals surface area contributed by atoms with Gasteiger partial charge in [-0.1, -0.05) is 30.3 Å². The molecule has 13 nitrogen and oxygen atoms in total. The molecule has 30 heavy (non-hydrogen) atoms. The second-order valence-corrected chi connectivity index (χ2v) is 6.02. The Kier molecular flexibility index (Phi) is 4.52. The molecule has 0 radical (unpaired) electrons. The highest BCUT2D eigenvalue weighted by molar-refractivity contribution is 5.87. The van der Waals surface area contributed by atoms with E-state index in [1.807, 2.05) is 30.3 Å². The Morgan fingerprint density at radius 3 is 2.33 bits per heavy atom. The quantitative estimate of drug-likeness (QED) is 0.218. The van der Waals surface area contributed by atoms with Crippen molar-refractivity contribution in [2.45, 2.75) is 0 Å². The molecule has 5 aromatic rings. The molecule has 0 unspecified atom stereocenters. The summed E-state index contributed by atoms with van der Waals surface area (Å²) in [5.74, 6) is 0.587. The van der Waals surface area contributed by atoms with Crippen LogP contribution < -0.4 is 28.5 Å². The Balaban J connectivity index is 0.000000168. The standard InChI is InChI=1S/C12H11N7.C5H5N5O/c13-9-7(6-4-2-1-3-5-6)16-8-10(14)18-12(15)19-11(8)17-9;6-5-9-3-2(4(11)10-5)7-1-8-3/h1-5H,(H6,13,14,15,17,18,19);1H,(H4,6,7,8,9,10,11). The smallest absolute Gasteiger partial charge is 0.278 e. The minimum absolute atomic E-state index is 0.0474. The van der Waals surface area contributed by atoms with Gasteiger partial charge in [0, 0.05) is 5.56 Å². The van der Waals surface area contributed by atoms with Gasteiger partial charge in [0.25, 0.3) is 5.56 Å². The maximum atomic E-state index is 11.0.